The summed E-state index contributed by atoms with van der Waals surface area (Å²) in [5, 5.41) is 0. The normalized spacial score (nSPS) is 41.1. The Balaban J connectivity index is 2.05. The van der Waals surface area contributed by atoms with Crippen molar-refractivity contribution in [1.29, 1.82) is 0 Å². The van der Waals surface area contributed by atoms with E-state index >= 15 is 0 Å². The van der Waals surface area contributed by atoms with Crippen LogP contribution in [0.2, 0.25) is 0 Å². The van der Waals surface area contributed by atoms with Gasteiger partial charge in [0.1, 0.15) is 0 Å². The van der Waals surface area contributed by atoms with E-state index < -0.39 is 6.55 Å². The molecule has 0 bridgehead atoms. The predicted molar refractivity (Wildman–Crippen MR) is 47.7 cm³/mol. The standard InChI is InChI=1S/C10H17F2N/c1-8-6-10(7-8)4-2-3-5-13(10)9(11)12/h8-9H,2-7H2,1H3. The van der Waals surface area contributed by atoms with Crippen LogP contribution in [-0.4, -0.2) is 23.5 Å². The van der Waals surface area contributed by atoms with Gasteiger partial charge >= 0.3 is 0 Å². The molecule has 1 aliphatic carbocycles. The van der Waals surface area contributed by atoms with Gasteiger partial charge < -0.3 is 0 Å². The fraction of sp³-hybridized carbons (Fsp3) is 1.00. The smallest absolute Gasteiger partial charge is 0.242 e. The van der Waals surface area contributed by atoms with Crippen molar-refractivity contribution in [2.24, 2.45) is 5.92 Å². The van der Waals surface area contributed by atoms with E-state index in [4.69, 9.17) is 0 Å². The molecule has 0 aromatic heterocycles. The van der Waals surface area contributed by atoms with Crippen molar-refractivity contribution in [3.63, 3.8) is 0 Å². The Morgan fingerprint density at radius 3 is 2.54 bits per heavy atom. The quantitative estimate of drug-likeness (QED) is 0.573. The zero-order chi connectivity index (χ0) is 9.47. The highest BCUT2D eigenvalue weighted by Gasteiger charge is 2.50. The first kappa shape index (κ1) is 9.38. The van der Waals surface area contributed by atoms with Gasteiger partial charge in [-0.25, -0.2) is 4.90 Å². The molecule has 1 saturated heterocycles. The van der Waals surface area contributed by atoms with Crippen molar-refractivity contribution in [2.75, 3.05) is 6.54 Å². The molecular formula is C10H17F2N. The minimum absolute atomic E-state index is 0.105. The minimum Gasteiger partial charge on any atom is -0.242 e. The predicted octanol–water partition coefficient (Wildman–Crippen LogP) is 2.86. The lowest BCUT2D eigenvalue weighted by atomic mass is 9.64. The van der Waals surface area contributed by atoms with Gasteiger partial charge in [0.05, 0.1) is 0 Å². The van der Waals surface area contributed by atoms with E-state index in [1.807, 2.05) is 0 Å². The summed E-state index contributed by atoms with van der Waals surface area (Å²) in [6.07, 6.45) is 5.03. The summed E-state index contributed by atoms with van der Waals surface area (Å²) in [5.41, 5.74) is -0.105. The van der Waals surface area contributed by atoms with Crippen molar-refractivity contribution in [2.45, 2.75) is 51.1 Å². The maximum absolute atomic E-state index is 12.7. The second-order valence-corrected chi connectivity index (χ2v) is 4.67. The molecule has 0 radical (unpaired) electrons. The van der Waals surface area contributed by atoms with Crippen LogP contribution in [0.4, 0.5) is 8.78 Å². The molecule has 76 valence electrons. The van der Waals surface area contributed by atoms with E-state index in [1.54, 1.807) is 0 Å². The summed E-state index contributed by atoms with van der Waals surface area (Å²) < 4.78 is 25.4. The Morgan fingerprint density at radius 1 is 1.31 bits per heavy atom. The molecule has 0 aromatic rings. The fourth-order valence-electron chi connectivity index (χ4n) is 3.10. The van der Waals surface area contributed by atoms with E-state index in [0.717, 1.165) is 32.1 Å². The number of hydrogen-bond donors (Lipinski definition) is 0. The van der Waals surface area contributed by atoms with Crippen LogP contribution in [0.1, 0.15) is 39.0 Å². The van der Waals surface area contributed by atoms with Gasteiger partial charge in [-0.05, 0) is 31.6 Å². The Bertz CT molecular complexity index is 182. The summed E-state index contributed by atoms with van der Waals surface area (Å²) in [6.45, 7) is 0.515. The van der Waals surface area contributed by atoms with Crippen LogP contribution in [0.15, 0.2) is 0 Å². The van der Waals surface area contributed by atoms with Gasteiger partial charge in [-0.15, -0.1) is 0 Å². The molecular weight excluding hydrogens is 172 g/mol. The Labute approximate surface area is 78.1 Å². The second kappa shape index (κ2) is 3.19. The molecule has 1 aliphatic heterocycles. The molecule has 2 rings (SSSR count). The van der Waals surface area contributed by atoms with Crippen molar-refractivity contribution in [3.8, 4) is 0 Å². The van der Waals surface area contributed by atoms with E-state index in [-0.39, 0.29) is 5.54 Å². The lowest BCUT2D eigenvalue weighted by Gasteiger charge is -2.55. The van der Waals surface area contributed by atoms with Crippen LogP contribution in [0, 0.1) is 5.92 Å². The van der Waals surface area contributed by atoms with Crippen LogP contribution in [0.5, 0.6) is 0 Å². The molecule has 0 N–H and O–H groups in total. The molecule has 13 heavy (non-hydrogen) atoms. The van der Waals surface area contributed by atoms with Gasteiger partial charge in [0.25, 0.3) is 6.55 Å². The third-order valence-electron chi connectivity index (χ3n) is 3.59. The zero-order valence-electron chi connectivity index (χ0n) is 8.10. The molecule has 0 atom stereocenters. The highest BCUT2D eigenvalue weighted by Crippen LogP contribution is 2.48. The maximum atomic E-state index is 12.7. The largest absolute Gasteiger partial charge is 0.295 e. The summed E-state index contributed by atoms with van der Waals surface area (Å²) >= 11 is 0. The Morgan fingerprint density at radius 2 is 2.00 bits per heavy atom. The number of rotatable bonds is 1. The first-order chi connectivity index (χ1) is 6.14. The van der Waals surface area contributed by atoms with E-state index in [9.17, 15) is 8.78 Å². The molecule has 2 fully saturated rings. The maximum Gasteiger partial charge on any atom is 0.295 e. The SMILES string of the molecule is CC1CC2(CCCCN2C(F)F)C1. The average Bonchev–Trinajstić information content (AvgIpc) is 2.02. The summed E-state index contributed by atoms with van der Waals surface area (Å²) in [7, 11) is 0. The van der Waals surface area contributed by atoms with Crippen molar-refractivity contribution in [3.05, 3.63) is 0 Å². The van der Waals surface area contributed by atoms with Gasteiger partial charge in [-0.2, -0.15) is 8.78 Å². The van der Waals surface area contributed by atoms with E-state index in [2.05, 4.69) is 6.92 Å². The molecule has 1 spiro atoms. The van der Waals surface area contributed by atoms with E-state index in [0.29, 0.717) is 12.5 Å². The summed E-state index contributed by atoms with van der Waals surface area (Å²) in [6, 6.07) is 0. The number of hydrogen-bond acceptors (Lipinski definition) is 1. The van der Waals surface area contributed by atoms with Crippen LogP contribution < -0.4 is 0 Å². The number of piperidine rings is 1. The molecule has 1 heterocycles. The zero-order valence-corrected chi connectivity index (χ0v) is 8.10. The number of nitrogens with zero attached hydrogens (tertiary/aromatic N) is 1. The van der Waals surface area contributed by atoms with Crippen molar-refractivity contribution in [1.82, 2.24) is 4.90 Å². The topological polar surface area (TPSA) is 3.24 Å². The molecule has 1 saturated carbocycles. The van der Waals surface area contributed by atoms with Crippen molar-refractivity contribution < 1.29 is 8.78 Å². The molecule has 2 aliphatic rings. The highest BCUT2D eigenvalue weighted by atomic mass is 19.3. The fourth-order valence-corrected chi connectivity index (χ4v) is 3.10. The first-order valence-corrected chi connectivity index (χ1v) is 5.19. The van der Waals surface area contributed by atoms with E-state index in [1.165, 1.54) is 4.90 Å². The molecule has 0 aromatic carbocycles. The lowest BCUT2D eigenvalue weighted by molar-refractivity contribution is -0.154. The van der Waals surface area contributed by atoms with Crippen LogP contribution >= 0.6 is 0 Å². The molecule has 0 unspecified atom stereocenters. The summed E-state index contributed by atoms with van der Waals surface area (Å²) in [5.74, 6) is 0.652. The van der Waals surface area contributed by atoms with Crippen LogP contribution in [0.3, 0.4) is 0 Å². The third-order valence-corrected chi connectivity index (χ3v) is 3.59. The summed E-state index contributed by atoms with van der Waals surface area (Å²) in [4.78, 5) is 1.44. The van der Waals surface area contributed by atoms with Crippen LogP contribution in [0.25, 0.3) is 0 Å². The average molecular weight is 189 g/mol. The first-order valence-electron chi connectivity index (χ1n) is 5.19. The van der Waals surface area contributed by atoms with Crippen LogP contribution in [-0.2, 0) is 0 Å². The molecule has 0 amide bonds. The lowest BCUT2D eigenvalue weighted by Crippen LogP contribution is -2.60. The minimum atomic E-state index is -2.24. The Kier molecular flexibility index (Phi) is 2.30. The van der Waals surface area contributed by atoms with Gasteiger partial charge in [-0.3, -0.25) is 0 Å². The third kappa shape index (κ3) is 1.47. The highest BCUT2D eigenvalue weighted by molar-refractivity contribution is 5.02. The van der Waals surface area contributed by atoms with Gasteiger partial charge in [-0.1, -0.05) is 13.3 Å². The molecule has 1 nitrogen and oxygen atoms in total. The second-order valence-electron chi connectivity index (χ2n) is 4.67. The van der Waals surface area contributed by atoms with Crippen molar-refractivity contribution >= 4 is 0 Å². The van der Waals surface area contributed by atoms with Gasteiger partial charge in [0.2, 0.25) is 0 Å². The Hall–Kier alpha value is -0.180. The van der Waals surface area contributed by atoms with Gasteiger partial charge in [0, 0.05) is 12.1 Å². The number of halogens is 2. The number of likely N-dealkylation sites (tertiary alicyclic amines) is 1. The van der Waals surface area contributed by atoms with Gasteiger partial charge in [0.15, 0.2) is 0 Å². The number of alkyl halides is 2. The monoisotopic (exact) mass is 189 g/mol. The molecule has 3 heteroatoms.